The number of benzene rings is 1. The van der Waals surface area contributed by atoms with Crippen LogP contribution in [0.25, 0.3) is 16.9 Å². The van der Waals surface area contributed by atoms with E-state index in [1.165, 1.54) is 10.7 Å². The molecule has 0 bridgehead atoms. The molecule has 1 aromatic carbocycles. The van der Waals surface area contributed by atoms with Gasteiger partial charge in [0, 0.05) is 17.3 Å². The van der Waals surface area contributed by atoms with E-state index in [0.717, 1.165) is 5.56 Å². The highest BCUT2D eigenvalue weighted by Crippen LogP contribution is 2.25. The standard InChI is InChI=1S/C16H14N4O.ClH/c1-10(2)13-14(11-6-4-3-5-7-11)19-15-12(8-17)9-18-20(15)16(13)21;/h3-7,9-10,18H,1-2H3;1H. The molecule has 2 aromatic heterocycles. The summed E-state index contributed by atoms with van der Waals surface area (Å²) >= 11 is 0. The van der Waals surface area contributed by atoms with Gasteiger partial charge in [0.1, 0.15) is 11.6 Å². The van der Waals surface area contributed by atoms with Crippen LogP contribution in [0.2, 0.25) is 0 Å². The summed E-state index contributed by atoms with van der Waals surface area (Å²) in [4.78, 5) is 17.2. The van der Waals surface area contributed by atoms with Gasteiger partial charge in [-0.3, -0.25) is 9.89 Å². The summed E-state index contributed by atoms with van der Waals surface area (Å²) in [5.74, 6) is 0.0333. The molecule has 0 atom stereocenters. The van der Waals surface area contributed by atoms with Crippen LogP contribution >= 0.6 is 12.4 Å². The minimum atomic E-state index is -0.157. The first kappa shape index (κ1) is 15.8. The van der Waals surface area contributed by atoms with Crippen LogP contribution in [-0.4, -0.2) is 14.6 Å². The van der Waals surface area contributed by atoms with Gasteiger partial charge in [0.15, 0.2) is 5.65 Å². The molecule has 112 valence electrons. The van der Waals surface area contributed by atoms with Crippen molar-refractivity contribution in [3.05, 3.63) is 58.0 Å². The van der Waals surface area contributed by atoms with E-state index in [4.69, 9.17) is 5.26 Å². The SMILES string of the molecule is CC(C)c1c(-c2ccccc2)nc2c(C#N)c[nH]n2c1=O.Cl. The second-order valence-electron chi connectivity index (χ2n) is 5.16. The van der Waals surface area contributed by atoms with E-state index in [9.17, 15) is 4.79 Å². The fourth-order valence-corrected chi connectivity index (χ4v) is 2.45. The number of halogens is 1. The maximum Gasteiger partial charge on any atom is 0.276 e. The molecule has 0 fully saturated rings. The largest absolute Gasteiger partial charge is 0.295 e. The highest BCUT2D eigenvalue weighted by Gasteiger charge is 2.19. The molecule has 3 aromatic rings. The minimum Gasteiger partial charge on any atom is -0.295 e. The lowest BCUT2D eigenvalue weighted by Crippen LogP contribution is -2.22. The van der Waals surface area contributed by atoms with Crippen molar-refractivity contribution in [1.29, 1.82) is 5.26 Å². The molecule has 6 heteroatoms. The monoisotopic (exact) mass is 314 g/mol. The van der Waals surface area contributed by atoms with E-state index in [1.54, 1.807) is 0 Å². The number of nitrogens with one attached hydrogen (secondary N) is 1. The van der Waals surface area contributed by atoms with Gasteiger partial charge in [0.25, 0.3) is 5.56 Å². The summed E-state index contributed by atoms with van der Waals surface area (Å²) in [6, 6.07) is 11.6. The van der Waals surface area contributed by atoms with E-state index < -0.39 is 0 Å². The Balaban J connectivity index is 0.00000176. The Kier molecular flexibility index (Phi) is 4.34. The molecule has 0 aliphatic rings. The van der Waals surface area contributed by atoms with Crippen LogP contribution < -0.4 is 5.56 Å². The fraction of sp³-hybridized carbons (Fsp3) is 0.188. The second-order valence-corrected chi connectivity index (χ2v) is 5.16. The first-order chi connectivity index (χ1) is 10.1. The molecule has 0 saturated carbocycles. The topological polar surface area (TPSA) is 73.9 Å². The summed E-state index contributed by atoms with van der Waals surface area (Å²) in [5.41, 5.74) is 2.74. The van der Waals surface area contributed by atoms with Crippen LogP contribution in [-0.2, 0) is 0 Å². The van der Waals surface area contributed by atoms with E-state index >= 15 is 0 Å². The molecule has 0 unspecified atom stereocenters. The number of nitriles is 1. The summed E-state index contributed by atoms with van der Waals surface area (Å²) < 4.78 is 1.33. The third-order valence-corrected chi connectivity index (χ3v) is 3.44. The first-order valence-corrected chi connectivity index (χ1v) is 6.73. The molecule has 3 rings (SSSR count). The predicted molar refractivity (Wildman–Crippen MR) is 87.3 cm³/mol. The van der Waals surface area contributed by atoms with Crippen LogP contribution in [0, 0.1) is 11.3 Å². The highest BCUT2D eigenvalue weighted by molar-refractivity contribution is 5.85. The van der Waals surface area contributed by atoms with Gasteiger partial charge in [-0.05, 0) is 5.92 Å². The third-order valence-electron chi connectivity index (χ3n) is 3.44. The summed E-state index contributed by atoms with van der Waals surface area (Å²) in [5, 5.41) is 11.9. The maximum absolute atomic E-state index is 12.7. The first-order valence-electron chi connectivity index (χ1n) is 6.73. The molecule has 0 saturated heterocycles. The predicted octanol–water partition coefficient (Wildman–Crippen LogP) is 3.11. The Morgan fingerprint density at radius 1 is 1.27 bits per heavy atom. The minimum absolute atomic E-state index is 0. The molecule has 2 heterocycles. The molecule has 0 radical (unpaired) electrons. The number of H-pyrrole nitrogens is 1. The Bertz CT molecular complexity index is 904. The summed E-state index contributed by atoms with van der Waals surface area (Å²) in [6.07, 6.45) is 1.50. The van der Waals surface area contributed by atoms with E-state index in [-0.39, 0.29) is 23.9 Å². The highest BCUT2D eigenvalue weighted by atomic mass is 35.5. The zero-order valence-electron chi connectivity index (χ0n) is 12.2. The average Bonchev–Trinajstić information content (AvgIpc) is 2.91. The lowest BCUT2D eigenvalue weighted by atomic mass is 9.98. The van der Waals surface area contributed by atoms with Gasteiger partial charge >= 0.3 is 0 Å². The van der Waals surface area contributed by atoms with Gasteiger partial charge in [-0.25, -0.2) is 9.50 Å². The molecule has 22 heavy (non-hydrogen) atoms. The molecule has 0 spiro atoms. The van der Waals surface area contributed by atoms with Gasteiger partial charge in [0.05, 0.1) is 5.69 Å². The van der Waals surface area contributed by atoms with Gasteiger partial charge in [-0.1, -0.05) is 44.2 Å². The molecule has 5 nitrogen and oxygen atoms in total. The number of hydrogen-bond acceptors (Lipinski definition) is 3. The molecule has 0 amide bonds. The number of rotatable bonds is 2. The number of aromatic nitrogens is 3. The number of fused-ring (bicyclic) bond motifs is 1. The van der Waals surface area contributed by atoms with Gasteiger partial charge in [-0.2, -0.15) is 5.26 Å². The van der Waals surface area contributed by atoms with Crippen LogP contribution in [0.15, 0.2) is 41.3 Å². The van der Waals surface area contributed by atoms with Crippen molar-refractivity contribution in [3.8, 4) is 17.3 Å². The van der Waals surface area contributed by atoms with Gasteiger partial charge in [0.2, 0.25) is 0 Å². The lowest BCUT2D eigenvalue weighted by Gasteiger charge is -2.11. The number of hydrogen-bond donors (Lipinski definition) is 1. The van der Waals surface area contributed by atoms with E-state index in [2.05, 4.69) is 16.2 Å². The van der Waals surface area contributed by atoms with E-state index in [1.807, 2.05) is 44.2 Å². The van der Waals surface area contributed by atoms with Gasteiger partial charge < -0.3 is 0 Å². The van der Waals surface area contributed by atoms with Gasteiger partial charge in [-0.15, -0.1) is 12.4 Å². The Hall–Kier alpha value is -2.58. The molecule has 0 aliphatic heterocycles. The van der Waals surface area contributed by atoms with Crippen LogP contribution in [0.3, 0.4) is 0 Å². The number of nitrogens with zero attached hydrogens (tertiary/aromatic N) is 3. The Morgan fingerprint density at radius 3 is 2.55 bits per heavy atom. The average molecular weight is 315 g/mol. The molecular weight excluding hydrogens is 300 g/mol. The Labute approximate surface area is 133 Å². The van der Waals surface area contributed by atoms with Crippen LogP contribution in [0.1, 0.15) is 30.9 Å². The fourth-order valence-electron chi connectivity index (χ4n) is 2.45. The van der Waals surface area contributed by atoms with Crippen molar-refractivity contribution >= 4 is 18.1 Å². The molecule has 0 aliphatic carbocycles. The summed E-state index contributed by atoms with van der Waals surface area (Å²) in [7, 11) is 0. The van der Waals surface area contributed by atoms with Crippen LogP contribution in [0.5, 0.6) is 0 Å². The lowest BCUT2D eigenvalue weighted by molar-refractivity contribution is 0.797. The maximum atomic E-state index is 12.7. The second kappa shape index (κ2) is 6.04. The zero-order valence-corrected chi connectivity index (χ0v) is 13.0. The third kappa shape index (κ3) is 2.38. The molecule has 1 N–H and O–H groups in total. The van der Waals surface area contributed by atoms with Crippen molar-refractivity contribution in [1.82, 2.24) is 14.6 Å². The smallest absolute Gasteiger partial charge is 0.276 e. The van der Waals surface area contributed by atoms with Crippen molar-refractivity contribution in [3.63, 3.8) is 0 Å². The zero-order chi connectivity index (χ0) is 15.0. The Morgan fingerprint density at radius 2 is 1.95 bits per heavy atom. The van der Waals surface area contributed by atoms with Crippen LogP contribution in [0.4, 0.5) is 0 Å². The summed E-state index contributed by atoms with van der Waals surface area (Å²) in [6.45, 7) is 3.93. The van der Waals surface area contributed by atoms with Crippen molar-refractivity contribution < 1.29 is 0 Å². The van der Waals surface area contributed by atoms with Crippen molar-refractivity contribution in [2.75, 3.05) is 0 Å². The molecular formula is C16H15ClN4O. The normalized spacial score (nSPS) is 10.5. The van der Waals surface area contributed by atoms with E-state index in [0.29, 0.717) is 22.5 Å². The quantitative estimate of drug-likeness (QED) is 0.789. The number of aromatic amines is 1. The van der Waals surface area contributed by atoms with Crippen molar-refractivity contribution in [2.24, 2.45) is 0 Å². The van der Waals surface area contributed by atoms with Crippen molar-refractivity contribution in [2.45, 2.75) is 19.8 Å².